The first kappa shape index (κ1) is 15.2. The SMILES string of the molecule is CC(C)CCCNC(=O)c1ncccc1C#CCN. The summed E-state index contributed by atoms with van der Waals surface area (Å²) in [7, 11) is 0. The van der Waals surface area contributed by atoms with Crippen molar-refractivity contribution >= 4 is 5.91 Å². The summed E-state index contributed by atoms with van der Waals surface area (Å²) < 4.78 is 0. The maximum absolute atomic E-state index is 12.0. The van der Waals surface area contributed by atoms with E-state index in [-0.39, 0.29) is 12.5 Å². The second-order valence-corrected chi connectivity index (χ2v) is 4.70. The highest BCUT2D eigenvalue weighted by atomic mass is 16.1. The van der Waals surface area contributed by atoms with Crippen molar-refractivity contribution in [2.75, 3.05) is 13.1 Å². The molecule has 1 amide bonds. The number of hydrogen-bond donors (Lipinski definition) is 2. The molecule has 102 valence electrons. The van der Waals surface area contributed by atoms with Crippen LogP contribution in [0.15, 0.2) is 18.3 Å². The molecule has 1 heterocycles. The normalized spacial score (nSPS) is 9.89. The zero-order valence-corrected chi connectivity index (χ0v) is 11.6. The van der Waals surface area contributed by atoms with E-state index in [0.717, 1.165) is 12.8 Å². The minimum atomic E-state index is -0.175. The van der Waals surface area contributed by atoms with E-state index in [4.69, 9.17) is 5.73 Å². The van der Waals surface area contributed by atoms with E-state index < -0.39 is 0 Å². The maximum Gasteiger partial charge on any atom is 0.271 e. The van der Waals surface area contributed by atoms with Crippen molar-refractivity contribution in [3.05, 3.63) is 29.6 Å². The highest BCUT2D eigenvalue weighted by Gasteiger charge is 2.10. The number of carbonyl (C=O) groups is 1. The van der Waals surface area contributed by atoms with Crippen LogP contribution in [0.3, 0.4) is 0 Å². The molecule has 0 spiro atoms. The summed E-state index contributed by atoms with van der Waals surface area (Å²) in [5.74, 6) is 6.08. The molecule has 19 heavy (non-hydrogen) atoms. The molecule has 3 N–H and O–H groups in total. The zero-order valence-electron chi connectivity index (χ0n) is 11.6. The number of nitrogens with two attached hydrogens (primary N) is 1. The lowest BCUT2D eigenvalue weighted by Crippen LogP contribution is -2.26. The van der Waals surface area contributed by atoms with E-state index in [9.17, 15) is 4.79 Å². The molecule has 0 aliphatic heterocycles. The Morgan fingerprint density at radius 2 is 2.32 bits per heavy atom. The first-order valence-electron chi connectivity index (χ1n) is 6.57. The van der Waals surface area contributed by atoms with Crippen LogP contribution in [-0.2, 0) is 0 Å². The van der Waals surface area contributed by atoms with Crippen molar-refractivity contribution in [1.29, 1.82) is 0 Å². The van der Waals surface area contributed by atoms with Crippen LogP contribution in [0.4, 0.5) is 0 Å². The van der Waals surface area contributed by atoms with Gasteiger partial charge < -0.3 is 11.1 Å². The van der Waals surface area contributed by atoms with Crippen molar-refractivity contribution in [3.8, 4) is 11.8 Å². The fraction of sp³-hybridized carbons (Fsp3) is 0.467. The number of nitrogens with one attached hydrogen (secondary N) is 1. The van der Waals surface area contributed by atoms with Gasteiger partial charge in [-0.3, -0.25) is 4.79 Å². The van der Waals surface area contributed by atoms with Crippen LogP contribution in [-0.4, -0.2) is 24.0 Å². The number of nitrogens with zero attached hydrogens (tertiary/aromatic N) is 1. The van der Waals surface area contributed by atoms with Gasteiger partial charge in [-0.1, -0.05) is 25.7 Å². The van der Waals surface area contributed by atoms with E-state index in [2.05, 4.69) is 36.0 Å². The van der Waals surface area contributed by atoms with Crippen LogP contribution >= 0.6 is 0 Å². The van der Waals surface area contributed by atoms with Crippen LogP contribution < -0.4 is 11.1 Å². The van der Waals surface area contributed by atoms with Gasteiger partial charge in [-0.15, -0.1) is 0 Å². The average Bonchev–Trinajstić information content (AvgIpc) is 2.41. The Kier molecular flexibility index (Phi) is 6.62. The van der Waals surface area contributed by atoms with Crippen LogP contribution in [0.5, 0.6) is 0 Å². The molecular weight excluding hydrogens is 238 g/mol. The fourth-order valence-corrected chi connectivity index (χ4v) is 1.63. The van der Waals surface area contributed by atoms with E-state index in [0.29, 0.717) is 23.7 Å². The fourth-order valence-electron chi connectivity index (χ4n) is 1.63. The lowest BCUT2D eigenvalue weighted by molar-refractivity contribution is 0.0947. The summed E-state index contributed by atoms with van der Waals surface area (Å²) in [5.41, 5.74) is 6.32. The monoisotopic (exact) mass is 259 g/mol. The minimum Gasteiger partial charge on any atom is -0.351 e. The van der Waals surface area contributed by atoms with Gasteiger partial charge in [0.1, 0.15) is 5.69 Å². The van der Waals surface area contributed by atoms with Gasteiger partial charge in [0.05, 0.1) is 12.1 Å². The standard InChI is InChI=1S/C15H21N3O/c1-12(2)6-4-11-18-15(19)14-13(7-3-9-16)8-5-10-17-14/h5,8,10,12H,4,6,9,11,16H2,1-2H3,(H,18,19). The Labute approximate surface area is 114 Å². The topological polar surface area (TPSA) is 68.0 Å². The summed E-state index contributed by atoms with van der Waals surface area (Å²) in [5, 5.41) is 2.87. The molecule has 0 bridgehead atoms. The molecule has 1 aromatic rings. The van der Waals surface area contributed by atoms with Crippen molar-refractivity contribution in [2.45, 2.75) is 26.7 Å². The van der Waals surface area contributed by atoms with Crippen LogP contribution in [0, 0.1) is 17.8 Å². The van der Waals surface area contributed by atoms with Gasteiger partial charge in [0.25, 0.3) is 5.91 Å². The molecule has 0 atom stereocenters. The lowest BCUT2D eigenvalue weighted by Gasteiger charge is -2.07. The third kappa shape index (κ3) is 5.54. The van der Waals surface area contributed by atoms with Crippen LogP contribution in [0.2, 0.25) is 0 Å². The van der Waals surface area contributed by atoms with Crippen molar-refractivity contribution in [3.63, 3.8) is 0 Å². The molecular formula is C15H21N3O. The zero-order chi connectivity index (χ0) is 14.1. The summed E-state index contributed by atoms with van der Waals surface area (Å²) in [6.45, 7) is 5.27. The van der Waals surface area contributed by atoms with Crippen LogP contribution in [0.1, 0.15) is 42.7 Å². The average molecular weight is 259 g/mol. The molecule has 0 saturated heterocycles. The Morgan fingerprint density at radius 3 is 3.00 bits per heavy atom. The quantitative estimate of drug-likeness (QED) is 0.623. The highest BCUT2D eigenvalue weighted by Crippen LogP contribution is 2.05. The van der Waals surface area contributed by atoms with Gasteiger partial charge in [-0.05, 0) is 30.9 Å². The molecule has 1 rings (SSSR count). The second kappa shape index (κ2) is 8.28. The molecule has 0 unspecified atom stereocenters. The number of carbonyl (C=O) groups excluding carboxylic acids is 1. The van der Waals surface area contributed by atoms with Crippen molar-refractivity contribution in [2.24, 2.45) is 11.7 Å². The van der Waals surface area contributed by atoms with E-state index in [1.165, 1.54) is 0 Å². The smallest absolute Gasteiger partial charge is 0.271 e. The minimum absolute atomic E-state index is 0.175. The summed E-state index contributed by atoms with van der Waals surface area (Å²) in [6.07, 6.45) is 3.67. The molecule has 0 fully saturated rings. The molecule has 0 radical (unpaired) electrons. The summed E-state index contributed by atoms with van der Waals surface area (Å²) >= 11 is 0. The number of hydrogen-bond acceptors (Lipinski definition) is 3. The summed E-state index contributed by atoms with van der Waals surface area (Å²) in [6, 6.07) is 3.54. The van der Waals surface area contributed by atoms with E-state index >= 15 is 0 Å². The maximum atomic E-state index is 12.0. The molecule has 4 heteroatoms. The van der Waals surface area contributed by atoms with Gasteiger partial charge in [0.2, 0.25) is 0 Å². The third-order valence-electron chi connectivity index (χ3n) is 2.59. The Balaban J connectivity index is 2.61. The van der Waals surface area contributed by atoms with Gasteiger partial charge in [0, 0.05) is 12.7 Å². The van der Waals surface area contributed by atoms with Crippen molar-refractivity contribution in [1.82, 2.24) is 10.3 Å². The Bertz CT molecular complexity index is 472. The summed E-state index contributed by atoms with van der Waals surface area (Å²) in [4.78, 5) is 16.1. The van der Waals surface area contributed by atoms with Gasteiger partial charge in [-0.25, -0.2) is 4.98 Å². The van der Waals surface area contributed by atoms with Crippen molar-refractivity contribution < 1.29 is 4.79 Å². The predicted molar refractivity (Wildman–Crippen MR) is 76.6 cm³/mol. The first-order valence-corrected chi connectivity index (χ1v) is 6.57. The van der Waals surface area contributed by atoms with E-state index in [1.807, 2.05) is 0 Å². The molecule has 0 aliphatic carbocycles. The van der Waals surface area contributed by atoms with E-state index in [1.54, 1.807) is 18.3 Å². The number of pyridine rings is 1. The molecule has 4 nitrogen and oxygen atoms in total. The van der Waals surface area contributed by atoms with Gasteiger partial charge in [-0.2, -0.15) is 0 Å². The number of rotatable bonds is 5. The molecule has 0 saturated carbocycles. The largest absolute Gasteiger partial charge is 0.351 e. The second-order valence-electron chi connectivity index (χ2n) is 4.70. The predicted octanol–water partition coefficient (Wildman–Crippen LogP) is 1.56. The first-order chi connectivity index (χ1) is 9.15. The highest BCUT2D eigenvalue weighted by molar-refractivity contribution is 5.94. The molecule has 1 aromatic heterocycles. The number of amides is 1. The molecule has 0 aliphatic rings. The Hall–Kier alpha value is -1.86. The third-order valence-corrected chi connectivity index (χ3v) is 2.59. The molecule has 0 aromatic carbocycles. The van der Waals surface area contributed by atoms with Gasteiger partial charge in [0.15, 0.2) is 0 Å². The van der Waals surface area contributed by atoms with Gasteiger partial charge >= 0.3 is 0 Å². The van der Waals surface area contributed by atoms with Crippen LogP contribution in [0.25, 0.3) is 0 Å². The Morgan fingerprint density at radius 1 is 1.53 bits per heavy atom. The lowest BCUT2D eigenvalue weighted by atomic mass is 10.1. The number of aromatic nitrogens is 1.